The van der Waals surface area contributed by atoms with Gasteiger partial charge in [-0.25, -0.2) is 0 Å². The van der Waals surface area contributed by atoms with Crippen LogP contribution in [-0.4, -0.2) is 47.5 Å². The first kappa shape index (κ1) is 23.8. The molecule has 0 aromatic carbocycles. The number of aliphatic carboxylic acids is 1. The molecule has 0 unspecified atom stereocenters. The van der Waals surface area contributed by atoms with Gasteiger partial charge in [0.05, 0.1) is 6.42 Å². The third-order valence-electron chi connectivity index (χ3n) is 3.49. The van der Waals surface area contributed by atoms with Crippen LogP contribution in [-0.2, 0) is 14.4 Å². The normalized spacial score (nSPS) is 11.9. The lowest BCUT2D eigenvalue weighted by Gasteiger charge is -2.21. The number of thioether (sulfide) groups is 1. The van der Waals surface area contributed by atoms with Gasteiger partial charge in [0, 0.05) is 31.7 Å². The van der Waals surface area contributed by atoms with Gasteiger partial charge in [-0.05, 0) is 23.0 Å². The summed E-state index contributed by atoms with van der Waals surface area (Å²) in [6.45, 7) is 10.9. The predicted octanol–water partition coefficient (Wildman–Crippen LogP) is 2.67. The average Bonchev–Trinajstić information content (AvgIpc) is 2.39. The van der Waals surface area contributed by atoms with Gasteiger partial charge in [0.15, 0.2) is 0 Å². The van der Waals surface area contributed by atoms with E-state index < -0.39 is 5.97 Å². The fourth-order valence-electron chi connectivity index (χ4n) is 2.16. The summed E-state index contributed by atoms with van der Waals surface area (Å²) in [6, 6.07) is 0. The first-order valence-electron chi connectivity index (χ1n) is 8.74. The van der Waals surface area contributed by atoms with Crippen molar-refractivity contribution in [3.8, 4) is 0 Å². The largest absolute Gasteiger partial charge is 0.481 e. The smallest absolute Gasteiger partial charge is 0.303 e. The van der Waals surface area contributed by atoms with Gasteiger partial charge in [0.25, 0.3) is 0 Å². The van der Waals surface area contributed by atoms with Gasteiger partial charge < -0.3 is 15.7 Å². The minimum absolute atomic E-state index is 0.0279. The maximum atomic E-state index is 11.7. The van der Waals surface area contributed by atoms with E-state index in [-0.39, 0.29) is 35.5 Å². The number of carbonyl (C=O) groups excluding carboxylic acids is 2. The highest BCUT2D eigenvalue weighted by Gasteiger charge is 2.21. The first-order chi connectivity index (χ1) is 11.4. The summed E-state index contributed by atoms with van der Waals surface area (Å²) in [7, 11) is 0. The monoisotopic (exact) mass is 374 g/mol. The molecule has 25 heavy (non-hydrogen) atoms. The molecule has 0 bridgehead atoms. The number of hydrogen-bond donors (Lipinski definition) is 3. The van der Waals surface area contributed by atoms with Crippen molar-refractivity contribution in [1.82, 2.24) is 10.6 Å². The van der Waals surface area contributed by atoms with Crippen LogP contribution in [0.25, 0.3) is 0 Å². The standard InChI is InChI=1S/C18H34N2O4S/c1-17(2,3)12-15(22)19-8-6-14(21)20-9-11-25-10-7-18(4,5)13-16(23)24/h6-13H2,1-5H3,(H,19,22)(H,20,21)(H,23,24). The van der Waals surface area contributed by atoms with E-state index in [0.717, 1.165) is 17.9 Å². The van der Waals surface area contributed by atoms with Gasteiger partial charge in [-0.15, -0.1) is 0 Å². The van der Waals surface area contributed by atoms with Gasteiger partial charge in [-0.1, -0.05) is 34.6 Å². The van der Waals surface area contributed by atoms with E-state index in [1.807, 2.05) is 34.6 Å². The van der Waals surface area contributed by atoms with Gasteiger partial charge in [-0.3, -0.25) is 14.4 Å². The van der Waals surface area contributed by atoms with Crippen LogP contribution >= 0.6 is 11.8 Å². The Labute approximate surface area is 155 Å². The highest BCUT2D eigenvalue weighted by Crippen LogP contribution is 2.26. The second-order valence-electron chi connectivity index (χ2n) is 8.28. The molecule has 0 saturated heterocycles. The van der Waals surface area contributed by atoms with Crippen molar-refractivity contribution in [1.29, 1.82) is 0 Å². The molecule has 2 amide bonds. The number of carbonyl (C=O) groups is 3. The molecule has 146 valence electrons. The van der Waals surface area contributed by atoms with Crippen LogP contribution in [0.3, 0.4) is 0 Å². The zero-order chi connectivity index (χ0) is 19.5. The van der Waals surface area contributed by atoms with Gasteiger partial charge in [0.2, 0.25) is 11.8 Å². The fourth-order valence-corrected chi connectivity index (χ4v) is 3.31. The van der Waals surface area contributed by atoms with E-state index in [1.54, 1.807) is 11.8 Å². The average molecular weight is 375 g/mol. The van der Waals surface area contributed by atoms with Gasteiger partial charge in [-0.2, -0.15) is 11.8 Å². The number of rotatable bonds is 12. The summed E-state index contributed by atoms with van der Waals surface area (Å²) in [6.07, 6.45) is 1.73. The third-order valence-corrected chi connectivity index (χ3v) is 4.47. The Balaban J connectivity index is 3.65. The second-order valence-corrected chi connectivity index (χ2v) is 9.51. The molecular weight excluding hydrogens is 340 g/mol. The SMILES string of the molecule is CC(C)(C)CC(=O)NCCC(=O)NCCSCCC(C)(C)CC(=O)O. The summed E-state index contributed by atoms with van der Waals surface area (Å²) < 4.78 is 0. The van der Waals surface area contributed by atoms with Crippen LogP contribution in [0.4, 0.5) is 0 Å². The molecule has 0 aromatic rings. The quantitative estimate of drug-likeness (QED) is 0.457. The molecule has 0 fully saturated rings. The second kappa shape index (κ2) is 11.4. The highest BCUT2D eigenvalue weighted by atomic mass is 32.2. The lowest BCUT2D eigenvalue weighted by molar-refractivity contribution is -0.139. The van der Waals surface area contributed by atoms with E-state index in [9.17, 15) is 14.4 Å². The van der Waals surface area contributed by atoms with Gasteiger partial charge >= 0.3 is 5.97 Å². The Morgan fingerprint density at radius 2 is 1.48 bits per heavy atom. The molecule has 0 radical (unpaired) electrons. The topological polar surface area (TPSA) is 95.5 Å². The van der Waals surface area contributed by atoms with Crippen molar-refractivity contribution >= 4 is 29.5 Å². The highest BCUT2D eigenvalue weighted by molar-refractivity contribution is 7.99. The van der Waals surface area contributed by atoms with Crippen LogP contribution < -0.4 is 10.6 Å². The van der Waals surface area contributed by atoms with Crippen molar-refractivity contribution in [3.05, 3.63) is 0 Å². The minimum Gasteiger partial charge on any atom is -0.481 e. The molecule has 0 aliphatic carbocycles. The summed E-state index contributed by atoms with van der Waals surface area (Å²) >= 11 is 1.71. The Bertz CT molecular complexity index is 445. The molecule has 7 heteroatoms. The van der Waals surface area contributed by atoms with Crippen LogP contribution in [0.1, 0.15) is 60.3 Å². The molecule has 0 saturated carbocycles. The lowest BCUT2D eigenvalue weighted by Crippen LogP contribution is -2.33. The summed E-state index contributed by atoms with van der Waals surface area (Å²) in [5.41, 5.74) is -0.254. The summed E-state index contributed by atoms with van der Waals surface area (Å²) in [4.78, 5) is 34.1. The zero-order valence-corrected chi connectivity index (χ0v) is 17.1. The maximum absolute atomic E-state index is 11.7. The van der Waals surface area contributed by atoms with Crippen molar-refractivity contribution in [3.63, 3.8) is 0 Å². The van der Waals surface area contributed by atoms with Crippen LogP contribution in [0, 0.1) is 10.8 Å². The van der Waals surface area contributed by atoms with E-state index in [0.29, 0.717) is 19.5 Å². The van der Waals surface area contributed by atoms with Crippen molar-refractivity contribution in [2.75, 3.05) is 24.6 Å². The third kappa shape index (κ3) is 16.0. The molecule has 0 spiro atoms. The first-order valence-corrected chi connectivity index (χ1v) is 9.90. The van der Waals surface area contributed by atoms with Crippen LogP contribution in [0.2, 0.25) is 0 Å². The number of amides is 2. The molecule has 3 N–H and O–H groups in total. The Kier molecular flexibility index (Phi) is 10.8. The molecule has 0 aliphatic rings. The van der Waals surface area contributed by atoms with Crippen molar-refractivity contribution in [2.45, 2.75) is 60.3 Å². The van der Waals surface area contributed by atoms with E-state index in [4.69, 9.17) is 5.11 Å². The van der Waals surface area contributed by atoms with E-state index >= 15 is 0 Å². The summed E-state index contributed by atoms with van der Waals surface area (Å²) in [5, 5.41) is 14.4. The molecule has 6 nitrogen and oxygen atoms in total. The molecule has 0 atom stereocenters. The van der Waals surface area contributed by atoms with Crippen LogP contribution in [0.15, 0.2) is 0 Å². The van der Waals surface area contributed by atoms with Crippen LogP contribution in [0.5, 0.6) is 0 Å². The number of carboxylic acids is 1. The van der Waals surface area contributed by atoms with Gasteiger partial charge in [0.1, 0.15) is 0 Å². The number of carboxylic acid groups (broad SMARTS) is 1. The minimum atomic E-state index is -0.767. The Morgan fingerprint density at radius 1 is 0.880 bits per heavy atom. The predicted molar refractivity (Wildman–Crippen MR) is 103 cm³/mol. The zero-order valence-electron chi connectivity index (χ0n) is 16.2. The van der Waals surface area contributed by atoms with Crippen molar-refractivity contribution in [2.24, 2.45) is 10.8 Å². The fraction of sp³-hybridized carbons (Fsp3) is 0.833. The number of nitrogens with one attached hydrogen (secondary N) is 2. The van der Waals surface area contributed by atoms with E-state index in [2.05, 4.69) is 10.6 Å². The summed E-state index contributed by atoms with van der Waals surface area (Å²) in [5.74, 6) is 0.809. The van der Waals surface area contributed by atoms with Crippen molar-refractivity contribution < 1.29 is 19.5 Å². The molecular formula is C18H34N2O4S. The maximum Gasteiger partial charge on any atom is 0.303 e. The molecule has 0 rings (SSSR count). The Morgan fingerprint density at radius 3 is 2.04 bits per heavy atom. The lowest BCUT2D eigenvalue weighted by atomic mass is 9.87. The Hall–Kier alpha value is -1.24. The molecule has 0 aromatic heterocycles. The number of hydrogen-bond acceptors (Lipinski definition) is 4. The molecule has 0 heterocycles. The molecule has 0 aliphatic heterocycles. The van der Waals surface area contributed by atoms with E-state index in [1.165, 1.54) is 0 Å².